The Hall–Kier alpha value is -2.01. The molecule has 0 heterocycles. The first-order valence-corrected chi connectivity index (χ1v) is 8.40. The van der Waals surface area contributed by atoms with Gasteiger partial charge in [0.1, 0.15) is 0 Å². The Labute approximate surface area is 144 Å². The van der Waals surface area contributed by atoms with Gasteiger partial charge in [0.2, 0.25) is 0 Å². The molecular formula is C18H20BrNO3. The number of hydrogen-bond donors (Lipinski definition) is 1. The van der Waals surface area contributed by atoms with E-state index in [1.54, 1.807) is 12.1 Å². The van der Waals surface area contributed by atoms with Gasteiger partial charge < -0.3 is 14.8 Å². The molecule has 0 saturated heterocycles. The second-order valence-electron chi connectivity index (χ2n) is 4.89. The summed E-state index contributed by atoms with van der Waals surface area (Å²) in [5.41, 5.74) is 1.26. The average molecular weight is 378 g/mol. The Morgan fingerprint density at radius 1 is 1.13 bits per heavy atom. The molecule has 4 nitrogen and oxygen atoms in total. The molecule has 1 amide bonds. The Morgan fingerprint density at radius 2 is 1.87 bits per heavy atom. The first kappa shape index (κ1) is 17.3. The highest BCUT2D eigenvalue weighted by molar-refractivity contribution is 9.10. The van der Waals surface area contributed by atoms with Gasteiger partial charge in [0.05, 0.1) is 17.7 Å². The van der Waals surface area contributed by atoms with Crippen LogP contribution < -0.4 is 14.8 Å². The molecule has 0 aromatic heterocycles. The van der Waals surface area contributed by atoms with Crippen molar-refractivity contribution in [1.82, 2.24) is 0 Å². The summed E-state index contributed by atoms with van der Waals surface area (Å²) in [7, 11) is 0. The number of anilines is 1. The van der Waals surface area contributed by atoms with Crippen LogP contribution in [-0.2, 0) is 0 Å². The maximum atomic E-state index is 12.4. The highest BCUT2D eigenvalue weighted by atomic mass is 79.9. The van der Waals surface area contributed by atoms with Crippen LogP contribution in [0.3, 0.4) is 0 Å². The Balaban J connectivity index is 2.26. The zero-order valence-electron chi connectivity index (χ0n) is 13.3. The molecular weight excluding hydrogens is 358 g/mol. The van der Waals surface area contributed by atoms with Gasteiger partial charge in [0, 0.05) is 11.3 Å². The van der Waals surface area contributed by atoms with Crippen LogP contribution in [0.4, 0.5) is 5.69 Å². The number of hydrogen-bond acceptors (Lipinski definition) is 3. The van der Waals surface area contributed by atoms with Crippen molar-refractivity contribution in [2.24, 2.45) is 0 Å². The molecule has 122 valence electrons. The monoisotopic (exact) mass is 377 g/mol. The molecule has 0 unspecified atom stereocenters. The van der Waals surface area contributed by atoms with Gasteiger partial charge in [-0.15, -0.1) is 0 Å². The fraction of sp³-hybridized carbons (Fsp3) is 0.278. The summed E-state index contributed by atoms with van der Waals surface area (Å²) < 4.78 is 12.0. The number of para-hydroxylation sites is 1. The lowest BCUT2D eigenvalue weighted by Crippen LogP contribution is -2.12. The lowest BCUT2D eigenvalue weighted by molar-refractivity contribution is 0.102. The van der Waals surface area contributed by atoms with Crippen molar-refractivity contribution in [1.29, 1.82) is 0 Å². The fourth-order valence-electron chi connectivity index (χ4n) is 2.03. The standard InChI is InChI=1S/C18H20BrNO3/c1-3-10-23-17-15(19)11-13(12-16(17)22-4-2)18(21)20-14-8-6-5-7-9-14/h5-9,11-12H,3-4,10H2,1-2H3,(H,20,21). The van der Waals surface area contributed by atoms with Gasteiger partial charge in [-0.05, 0) is 53.5 Å². The summed E-state index contributed by atoms with van der Waals surface area (Å²) in [5, 5.41) is 2.86. The van der Waals surface area contributed by atoms with Crippen molar-refractivity contribution in [3.63, 3.8) is 0 Å². The van der Waals surface area contributed by atoms with Gasteiger partial charge in [-0.1, -0.05) is 25.1 Å². The number of nitrogens with one attached hydrogen (secondary N) is 1. The predicted octanol–water partition coefficient (Wildman–Crippen LogP) is 4.89. The molecule has 0 spiro atoms. The van der Waals surface area contributed by atoms with Crippen molar-refractivity contribution >= 4 is 27.5 Å². The van der Waals surface area contributed by atoms with E-state index in [1.165, 1.54) is 0 Å². The van der Waals surface area contributed by atoms with Crippen molar-refractivity contribution in [3.8, 4) is 11.5 Å². The number of carbonyl (C=O) groups is 1. The number of amides is 1. The zero-order chi connectivity index (χ0) is 16.7. The Kier molecular flexibility index (Phi) is 6.47. The van der Waals surface area contributed by atoms with Crippen LogP contribution in [-0.4, -0.2) is 19.1 Å². The minimum atomic E-state index is -0.195. The van der Waals surface area contributed by atoms with E-state index < -0.39 is 0 Å². The molecule has 0 radical (unpaired) electrons. The van der Waals surface area contributed by atoms with Crippen molar-refractivity contribution < 1.29 is 14.3 Å². The molecule has 1 N–H and O–H groups in total. The SMILES string of the molecule is CCCOc1c(Br)cc(C(=O)Nc2ccccc2)cc1OCC. The van der Waals surface area contributed by atoms with Crippen LogP contribution in [0.5, 0.6) is 11.5 Å². The molecule has 0 aliphatic rings. The second-order valence-corrected chi connectivity index (χ2v) is 5.74. The van der Waals surface area contributed by atoms with Crippen LogP contribution in [0.25, 0.3) is 0 Å². The van der Waals surface area contributed by atoms with Crippen LogP contribution in [0.1, 0.15) is 30.6 Å². The maximum absolute atomic E-state index is 12.4. The number of carbonyl (C=O) groups excluding carboxylic acids is 1. The first-order valence-electron chi connectivity index (χ1n) is 7.61. The molecule has 0 bridgehead atoms. The number of ether oxygens (including phenoxy) is 2. The molecule has 2 aromatic rings. The van der Waals surface area contributed by atoms with E-state index in [2.05, 4.69) is 21.2 Å². The molecule has 2 aromatic carbocycles. The van der Waals surface area contributed by atoms with E-state index in [9.17, 15) is 4.79 Å². The molecule has 0 fully saturated rings. The molecule has 23 heavy (non-hydrogen) atoms. The summed E-state index contributed by atoms with van der Waals surface area (Å²) in [5.74, 6) is 0.999. The first-order chi connectivity index (χ1) is 11.2. The van der Waals surface area contributed by atoms with Crippen LogP contribution >= 0.6 is 15.9 Å². The van der Waals surface area contributed by atoms with Gasteiger partial charge in [0.15, 0.2) is 11.5 Å². The Morgan fingerprint density at radius 3 is 2.52 bits per heavy atom. The molecule has 5 heteroatoms. The second kappa shape index (κ2) is 8.58. The summed E-state index contributed by atoms with van der Waals surface area (Å²) in [6.45, 7) is 5.02. The van der Waals surface area contributed by atoms with Crippen molar-refractivity contribution in [2.45, 2.75) is 20.3 Å². The van der Waals surface area contributed by atoms with E-state index in [4.69, 9.17) is 9.47 Å². The number of benzene rings is 2. The maximum Gasteiger partial charge on any atom is 0.255 e. The summed E-state index contributed by atoms with van der Waals surface area (Å²) >= 11 is 3.47. The Bertz CT molecular complexity index is 659. The summed E-state index contributed by atoms with van der Waals surface area (Å²) in [4.78, 5) is 12.4. The van der Waals surface area contributed by atoms with Gasteiger partial charge in [0.25, 0.3) is 5.91 Å². The van der Waals surface area contributed by atoms with E-state index in [0.29, 0.717) is 34.7 Å². The van der Waals surface area contributed by atoms with Crippen molar-refractivity contribution in [2.75, 3.05) is 18.5 Å². The third-order valence-electron chi connectivity index (χ3n) is 3.05. The van der Waals surface area contributed by atoms with Gasteiger partial charge >= 0.3 is 0 Å². The molecule has 0 aliphatic carbocycles. The van der Waals surface area contributed by atoms with Crippen LogP contribution in [0.2, 0.25) is 0 Å². The van der Waals surface area contributed by atoms with E-state index in [0.717, 1.165) is 12.1 Å². The zero-order valence-corrected chi connectivity index (χ0v) is 14.9. The van der Waals surface area contributed by atoms with Gasteiger partial charge in [-0.2, -0.15) is 0 Å². The lowest BCUT2D eigenvalue weighted by Gasteiger charge is -2.15. The minimum absolute atomic E-state index is 0.195. The smallest absolute Gasteiger partial charge is 0.255 e. The molecule has 0 aliphatic heterocycles. The average Bonchev–Trinajstić information content (AvgIpc) is 2.55. The van der Waals surface area contributed by atoms with Gasteiger partial charge in [-0.3, -0.25) is 4.79 Å². The summed E-state index contributed by atoms with van der Waals surface area (Å²) in [6.07, 6.45) is 0.897. The van der Waals surface area contributed by atoms with Crippen molar-refractivity contribution in [3.05, 3.63) is 52.5 Å². The number of halogens is 1. The topological polar surface area (TPSA) is 47.6 Å². The highest BCUT2D eigenvalue weighted by Gasteiger charge is 2.16. The molecule has 2 rings (SSSR count). The molecule has 0 saturated carbocycles. The largest absolute Gasteiger partial charge is 0.490 e. The fourth-order valence-corrected chi connectivity index (χ4v) is 2.59. The molecule has 0 atom stereocenters. The van der Waals surface area contributed by atoms with E-state index in [1.807, 2.05) is 44.2 Å². The minimum Gasteiger partial charge on any atom is -0.490 e. The van der Waals surface area contributed by atoms with Crippen LogP contribution in [0.15, 0.2) is 46.9 Å². The van der Waals surface area contributed by atoms with E-state index >= 15 is 0 Å². The number of rotatable bonds is 7. The normalized spacial score (nSPS) is 10.2. The van der Waals surface area contributed by atoms with E-state index in [-0.39, 0.29) is 5.91 Å². The predicted molar refractivity (Wildman–Crippen MR) is 95.5 cm³/mol. The quantitative estimate of drug-likeness (QED) is 0.746. The third kappa shape index (κ3) is 4.73. The lowest BCUT2D eigenvalue weighted by atomic mass is 10.1. The third-order valence-corrected chi connectivity index (χ3v) is 3.64. The highest BCUT2D eigenvalue weighted by Crippen LogP contribution is 2.37. The van der Waals surface area contributed by atoms with Gasteiger partial charge in [-0.25, -0.2) is 0 Å². The summed E-state index contributed by atoms with van der Waals surface area (Å²) in [6, 6.07) is 12.8. The van der Waals surface area contributed by atoms with Crippen LogP contribution in [0, 0.1) is 0 Å².